The molecule has 0 unspecified atom stereocenters. The molecule has 0 aliphatic carbocycles. The van der Waals surface area contributed by atoms with Gasteiger partial charge in [-0.2, -0.15) is 5.48 Å². The first kappa shape index (κ1) is 7.03. The Balaban J connectivity index is 1.71. The molecule has 0 aromatic heterocycles. The molecule has 0 amide bonds. The Bertz CT molecular complexity index is 71.3. The first-order valence-corrected chi connectivity index (χ1v) is 3.84. The van der Waals surface area contributed by atoms with Crippen LogP contribution in [0.3, 0.4) is 0 Å². The molecular formula is C7H15NO. The van der Waals surface area contributed by atoms with Gasteiger partial charge in [0.05, 0.1) is 0 Å². The maximum atomic E-state index is 4.84. The van der Waals surface area contributed by atoms with Gasteiger partial charge in [0.2, 0.25) is 0 Å². The third kappa shape index (κ3) is 3.49. The van der Waals surface area contributed by atoms with E-state index in [1.807, 2.05) is 0 Å². The fraction of sp³-hybridized carbons (Fsp3) is 1.00. The molecule has 1 atom stereocenters. The second kappa shape index (κ2) is 3.85. The van der Waals surface area contributed by atoms with Crippen LogP contribution in [0.4, 0.5) is 0 Å². The standard InChI is InChI=1S/C7H15NO/c1-2-3-4-5-6-7-8-9-7/h7-8H,2-6H2,1H3/t7-/m0/s1. The van der Waals surface area contributed by atoms with E-state index in [1.54, 1.807) is 0 Å². The van der Waals surface area contributed by atoms with Gasteiger partial charge in [-0.1, -0.05) is 26.2 Å². The van der Waals surface area contributed by atoms with Crippen LogP contribution in [-0.4, -0.2) is 6.23 Å². The van der Waals surface area contributed by atoms with E-state index in [-0.39, 0.29) is 0 Å². The number of nitrogens with one attached hydrogen (secondary N) is 1. The molecule has 1 aliphatic heterocycles. The molecule has 2 heteroatoms. The molecule has 1 fully saturated rings. The molecule has 0 aromatic carbocycles. The Morgan fingerprint density at radius 3 is 2.67 bits per heavy atom. The van der Waals surface area contributed by atoms with Crippen LogP contribution in [0, 0.1) is 0 Å². The van der Waals surface area contributed by atoms with Crippen LogP contribution in [-0.2, 0) is 4.84 Å². The van der Waals surface area contributed by atoms with Crippen molar-refractivity contribution in [3.63, 3.8) is 0 Å². The van der Waals surface area contributed by atoms with Crippen molar-refractivity contribution in [1.29, 1.82) is 0 Å². The summed E-state index contributed by atoms with van der Waals surface area (Å²) in [5, 5.41) is 0. The molecule has 0 aromatic rings. The van der Waals surface area contributed by atoms with Crippen molar-refractivity contribution in [2.75, 3.05) is 0 Å². The van der Waals surface area contributed by atoms with E-state index >= 15 is 0 Å². The monoisotopic (exact) mass is 129 g/mol. The summed E-state index contributed by atoms with van der Waals surface area (Å²) in [4.78, 5) is 4.84. The summed E-state index contributed by atoms with van der Waals surface area (Å²) < 4.78 is 0. The topological polar surface area (TPSA) is 34.5 Å². The van der Waals surface area contributed by atoms with Gasteiger partial charge in [-0.3, -0.25) is 4.84 Å². The molecule has 1 saturated heterocycles. The Morgan fingerprint density at radius 1 is 1.33 bits per heavy atom. The zero-order valence-electron chi connectivity index (χ0n) is 6.02. The molecule has 0 bridgehead atoms. The highest BCUT2D eigenvalue weighted by Gasteiger charge is 2.20. The Hall–Kier alpha value is -0.0800. The molecule has 2 nitrogen and oxygen atoms in total. The lowest BCUT2D eigenvalue weighted by Crippen LogP contribution is -1.89. The van der Waals surface area contributed by atoms with Crippen molar-refractivity contribution in [2.45, 2.75) is 45.3 Å². The Morgan fingerprint density at radius 2 is 2.11 bits per heavy atom. The van der Waals surface area contributed by atoms with Gasteiger partial charge in [0.25, 0.3) is 0 Å². The van der Waals surface area contributed by atoms with E-state index in [0.717, 1.165) is 0 Å². The minimum atomic E-state index is 0.404. The van der Waals surface area contributed by atoms with E-state index in [0.29, 0.717) is 6.23 Å². The zero-order chi connectivity index (χ0) is 6.53. The summed E-state index contributed by atoms with van der Waals surface area (Å²) in [6, 6.07) is 0. The van der Waals surface area contributed by atoms with Crippen molar-refractivity contribution in [1.82, 2.24) is 5.48 Å². The average molecular weight is 129 g/mol. The lowest BCUT2D eigenvalue weighted by atomic mass is 10.1. The van der Waals surface area contributed by atoms with Crippen LogP contribution in [0.15, 0.2) is 0 Å². The van der Waals surface area contributed by atoms with E-state index in [9.17, 15) is 0 Å². The lowest BCUT2D eigenvalue weighted by molar-refractivity contribution is 0.358. The summed E-state index contributed by atoms with van der Waals surface area (Å²) in [5.74, 6) is 0. The van der Waals surface area contributed by atoms with Crippen molar-refractivity contribution in [3.8, 4) is 0 Å². The smallest absolute Gasteiger partial charge is 0.151 e. The van der Waals surface area contributed by atoms with Gasteiger partial charge in [-0.15, -0.1) is 0 Å². The first-order chi connectivity index (χ1) is 4.43. The van der Waals surface area contributed by atoms with Gasteiger partial charge in [0.15, 0.2) is 6.23 Å². The molecule has 0 spiro atoms. The molecule has 54 valence electrons. The minimum absolute atomic E-state index is 0.404. The molecule has 0 radical (unpaired) electrons. The number of hydrogen-bond donors (Lipinski definition) is 1. The van der Waals surface area contributed by atoms with Gasteiger partial charge >= 0.3 is 0 Å². The largest absolute Gasteiger partial charge is 0.278 e. The summed E-state index contributed by atoms with van der Waals surface area (Å²) in [7, 11) is 0. The second-order valence-electron chi connectivity index (χ2n) is 2.57. The fourth-order valence-electron chi connectivity index (χ4n) is 0.922. The molecular weight excluding hydrogens is 114 g/mol. The molecule has 9 heavy (non-hydrogen) atoms. The van der Waals surface area contributed by atoms with E-state index < -0.39 is 0 Å². The predicted octanol–water partition coefficient (Wildman–Crippen LogP) is 1.82. The van der Waals surface area contributed by atoms with Crippen LogP contribution in [0.5, 0.6) is 0 Å². The number of rotatable bonds is 5. The van der Waals surface area contributed by atoms with Crippen LogP contribution < -0.4 is 5.48 Å². The van der Waals surface area contributed by atoms with E-state index in [4.69, 9.17) is 4.84 Å². The number of unbranched alkanes of at least 4 members (excludes halogenated alkanes) is 3. The summed E-state index contributed by atoms with van der Waals surface area (Å²) in [5.41, 5.74) is 2.81. The second-order valence-corrected chi connectivity index (χ2v) is 2.57. The Labute approximate surface area is 56.5 Å². The van der Waals surface area contributed by atoms with Gasteiger partial charge in [-0.25, -0.2) is 0 Å². The highest BCUT2D eigenvalue weighted by Crippen LogP contribution is 2.11. The number of hydrogen-bond acceptors (Lipinski definition) is 2. The molecule has 1 heterocycles. The summed E-state index contributed by atoms with van der Waals surface area (Å²) >= 11 is 0. The lowest BCUT2D eigenvalue weighted by Gasteiger charge is -1.92. The molecule has 1 aliphatic rings. The third-order valence-corrected chi connectivity index (χ3v) is 1.60. The predicted molar refractivity (Wildman–Crippen MR) is 36.8 cm³/mol. The highest BCUT2D eigenvalue weighted by atomic mass is 16.8. The molecule has 1 rings (SSSR count). The van der Waals surface area contributed by atoms with Gasteiger partial charge in [0.1, 0.15) is 0 Å². The zero-order valence-corrected chi connectivity index (χ0v) is 6.02. The maximum Gasteiger partial charge on any atom is 0.151 e. The SMILES string of the molecule is CCCCCC[C@H]1NO1. The molecule has 0 saturated carbocycles. The maximum absolute atomic E-state index is 4.84. The normalized spacial score (nSPS) is 24.3. The Kier molecular flexibility index (Phi) is 3.01. The summed E-state index contributed by atoms with van der Waals surface area (Å²) in [6.45, 7) is 2.23. The third-order valence-electron chi connectivity index (χ3n) is 1.60. The van der Waals surface area contributed by atoms with Gasteiger partial charge < -0.3 is 0 Å². The van der Waals surface area contributed by atoms with Crippen LogP contribution >= 0.6 is 0 Å². The average Bonchev–Trinajstić information content (AvgIpc) is 2.63. The van der Waals surface area contributed by atoms with Crippen LogP contribution in [0.25, 0.3) is 0 Å². The van der Waals surface area contributed by atoms with E-state index in [2.05, 4.69) is 12.4 Å². The van der Waals surface area contributed by atoms with Crippen LogP contribution in [0.2, 0.25) is 0 Å². The summed E-state index contributed by atoms with van der Waals surface area (Å²) in [6.07, 6.45) is 6.96. The van der Waals surface area contributed by atoms with Crippen LogP contribution in [0.1, 0.15) is 39.0 Å². The quantitative estimate of drug-likeness (QED) is 0.454. The van der Waals surface area contributed by atoms with Crippen molar-refractivity contribution < 1.29 is 4.84 Å². The van der Waals surface area contributed by atoms with Crippen molar-refractivity contribution in [3.05, 3.63) is 0 Å². The minimum Gasteiger partial charge on any atom is -0.278 e. The molecule has 1 N–H and O–H groups in total. The van der Waals surface area contributed by atoms with E-state index in [1.165, 1.54) is 32.1 Å². The first-order valence-electron chi connectivity index (χ1n) is 3.84. The van der Waals surface area contributed by atoms with Crippen molar-refractivity contribution >= 4 is 0 Å². The van der Waals surface area contributed by atoms with Gasteiger partial charge in [-0.05, 0) is 12.8 Å². The highest BCUT2D eigenvalue weighted by molar-refractivity contribution is 4.57. The fourth-order valence-corrected chi connectivity index (χ4v) is 0.922. The number of hydroxylamine groups is 1. The van der Waals surface area contributed by atoms with Gasteiger partial charge in [0, 0.05) is 0 Å². The van der Waals surface area contributed by atoms with Crippen molar-refractivity contribution in [2.24, 2.45) is 0 Å².